The molecule has 1 aromatic heterocycles. The molecule has 5 heteroatoms. The first-order valence-corrected chi connectivity index (χ1v) is 7.50. The van der Waals surface area contributed by atoms with E-state index in [1.807, 2.05) is 43.0 Å². The number of carbonyl (C=O) groups is 1. The summed E-state index contributed by atoms with van der Waals surface area (Å²) in [5, 5.41) is 0.966. The van der Waals surface area contributed by atoms with Crippen LogP contribution in [0.4, 0.5) is 5.69 Å². The predicted octanol–water partition coefficient (Wildman–Crippen LogP) is 2.73. The SMILES string of the molecule is CC1(C)CN(C(=O)c2sc3ccccc3c2N)CCO1. The number of amides is 1. The number of hydrogen-bond acceptors (Lipinski definition) is 4. The van der Waals surface area contributed by atoms with Crippen LogP contribution < -0.4 is 5.73 Å². The Hall–Kier alpha value is -1.59. The van der Waals surface area contributed by atoms with E-state index < -0.39 is 0 Å². The standard InChI is InChI=1S/C15H18N2O2S/c1-15(2)9-17(7-8-19-15)14(18)13-12(16)10-5-3-4-6-11(10)20-13/h3-6H,7-9,16H2,1-2H3. The number of hydrogen-bond donors (Lipinski definition) is 1. The highest BCUT2D eigenvalue weighted by Gasteiger charge is 2.32. The van der Waals surface area contributed by atoms with Crippen LogP contribution in [0.15, 0.2) is 24.3 Å². The highest BCUT2D eigenvalue weighted by molar-refractivity contribution is 7.21. The fraction of sp³-hybridized carbons (Fsp3) is 0.400. The molecular formula is C15H18N2O2S. The third-order valence-corrected chi connectivity index (χ3v) is 4.72. The first-order chi connectivity index (χ1) is 9.48. The molecule has 2 aromatic rings. The van der Waals surface area contributed by atoms with Crippen LogP contribution in [0.25, 0.3) is 10.1 Å². The topological polar surface area (TPSA) is 55.6 Å². The summed E-state index contributed by atoms with van der Waals surface area (Å²) in [5.41, 5.74) is 6.45. The molecule has 0 unspecified atom stereocenters. The number of rotatable bonds is 1. The van der Waals surface area contributed by atoms with Crippen molar-refractivity contribution in [3.05, 3.63) is 29.1 Å². The summed E-state index contributed by atoms with van der Waals surface area (Å²) in [5.74, 6) is 0.0140. The van der Waals surface area contributed by atoms with Gasteiger partial charge in [-0.3, -0.25) is 4.79 Å². The zero-order valence-electron chi connectivity index (χ0n) is 11.7. The number of nitrogens with zero attached hydrogens (tertiary/aromatic N) is 1. The number of thiophene rings is 1. The highest BCUT2D eigenvalue weighted by atomic mass is 32.1. The lowest BCUT2D eigenvalue weighted by molar-refractivity contribution is -0.0762. The minimum absolute atomic E-state index is 0.0140. The van der Waals surface area contributed by atoms with Crippen LogP contribution >= 0.6 is 11.3 Å². The molecule has 1 fully saturated rings. The van der Waals surface area contributed by atoms with E-state index in [0.29, 0.717) is 30.3 Å². The Balaban J connectivity index is 1.94. The van der Waals surface area contributed by atoms with Crippen LogP contribution in [0.5, 0.6) is 0 Å². The van der Waals surface area contributed by atoms with Crippen molar-refractivity contribution in [1.82, 2.24) is 4.90 Å². The molecule has 0 radical (unpaired) electrons. The number of morpholine rings is 1. The maximum absolute atomic E-state index is 12.7. The van der Waals surface area contributed by atoms with Crippen molar-refractivity contribution < 1.29 is 9.53 Å². The maximum Gasteiger partial charge on any atom is 0.266 e. The van der Waals surface area contributed by atoms with Crippen LogP contribution in [0.3, 0.4) is 0 Å². The minimum atomic E-state index is -0.292. The number of fused-ring (bicyclic) bond motifs is 1. The molecule has 1 aromatic carbocycles. The molecule has 0 bridgehead atoms. The normalized spacial score (nSPS) is 18.4. The van der Waals surface area contributed by atoms with Gasteiger partial charge in [0, 0.05) is 23.2 Å². The second kappa shape index (κ2) is 4.75. The van der Waals surface area contributed by atoms with Crippen molar-refractivity contribution in [2.75, 3.05) is 25.4 Å². The first-order valence-electron chi connectivity index (χ1n) is 6.68. The van der Waals surface area contributed by atoms with Gasteiger partial charge < -0.3 is 15.4 Å². The molecule has 1 aliphatic heterocycles. The lowest BCUT2D eigenvalue weighted by Crippen LogP contribution is -2.50. The zero-order chi connectivity index (χ0) is 14.3. The minimum Gasteiger partial charge on any atom is -0.397 e. The van der Waals surface area contributed by atoms with Gasteiger partial charge in [-0.15, -0.1) is 11.3 Å². The number of carbonyl (C=O) groups excluding carboxylic acids is 1. The molecule has 1 amide bonds. The van der Waals surface area contributed by atoms with E-state index in [1.165, 1.54) is 11.3 Å². The number of benzene rings is 1. The van der Waals surface area contributed by atoms with E-state index in [0.717, 1.165) is 10.1 Å². The summed E-state index contributed by atoms with van der Waals surface area (Å²) >= 11 is 1.47. The second-order valence-corrected chi connectivity index (χ2v) is 6.73. The fourth-order valence-corrected chi connectivity index (χ4v) is 3.65. The summed E-state index contributed by atoms with van der Waals surface area (Å²) in [7, 11) is 0. The molecule has 4 nitrogen and oxygen atoms in total. The summed E-state index contributed by atoms with van der Waals surface area (Å²) in [6, 6.07) is 7.86. The number of ether oxygens (including phenoxy) is 1. The molecule has 0 aliphatic carbocycles. The van der Waals surface area contributed by atoms with E-state index in [9.17, 15) is 4.79 Å². The smallest absolute Gasteiger partial charge is 0.266 e. The summed E-state index contributed by atoms with van der Waals surface area (Å²) < 4.78 is 6.71. The number of nitrogen functional groups attached to an aromatic ring is 1. The van der Waals surface area contributed by atoms with E-state index in [-0.39, 0.29) is 11.5 Å². The third kappa shape index (κ3) is 2.27. The van der Waals surface area contributed by atoms with Crippen molar-refractivity contribution in [2.24, 2.45) is 0 Å². The predicted molar refractivity (Wildman–Crippen MR) is 82.2 cm³/mol. The van der Waals surface area contributed by atoms with E-state index >= 15 is 0 Å². The Bertz CT molecular complexity index is 663. The quantitative estimate of drug-likeness (QED) is 0.878. The van der Waals surface area contributed by atoms with Gasteiger partial charge >= 0.3 is 0 Å². The molecular weight excluding hydrogens is 272 g/mol. The van der Waals surface area contributed by atoms with Gasteiger partial charge in [0.1, 0.15) is 4.88 Å². The van der Waals surface area contributed by atoms with Crippen molar-refractivity contribution in [3.8, 4) is 0 Å². The number of anilines is 1. The zero-order valence-corrected chi connectivity index (χ0v) is 12.5. The van der Waals surface area contributed by atoms with Crippen LogP contribution in [-0.4, -0.2) is 36.1 Å². The number of nitrogens with two attached hydrogens (primary N) is 1. The Morgan fingerprint density at radius 3 is 2.85 bits per heavy atom. The Morgan fingerprint density at radius 1 is 1.40 bits per heavy atom. The first kappa shape index (κ1) is 13.4. The Kier molecular flexibility index (Phi) is 3.18. The average molecular weight is 290 g/mol. The molecule has 2 N–H and O–H groups in total. The van der Waals surface area contributed by atoms with Gasteiger partial charge in [0.05, 0.1) is 17.9 Å². The molecule has 1 aliphatic rings. The van der Waals surface area contributed by atoms with Gasteiger partial charge in [-0.25, -0.2) is 0 Å². The van der Waals surface area contributed by atoms with Gasteiger partial charge in [-0.2, -0.15) is 0 Å². The average Bonchev–Trinajstić information content (AvgIpc) is 2.75. The van der Waals surface area contributed by atoms with Gasteiger partial charge in [-0.05, 0) is 19.9 Å². The van der Waals surface area contributed by atoms with Gasteiger partial charge in [-0.1, -0.05) is 18.2 Å². The second-order valence-electron chi connectivity index (χ2n) is 5.68. The monoisotopic (exact) mass is 290 g/mol. The lowest BCUT2D eigenvalue weighted by atomic mass is 10.1. The molecule has 20 heavy (non-hydrogen) atoms. The third-order valence-electron chi connectivity index (χ3n) is 3.54. The molecule has 3 rings (SSSR count). The fourth-order valence-electron chi connectivity index (χ4n) is 2.56. The van der Waals surface area contributed by atoms with E-state index in [2.05, 4.69) is 0 Å². The molecule has 0 spiro atoms. The van der Waals surface area contributed by atoms with E-state index in [4.69, 9.17) is 10.5 Å². The van der Waals surface area contributed by atoms with Crippen LogP contribution in [0, 0.1) is 0 Å². The van der Waals surface area contributed by atoms with Crippen LogP contribution in [0.2, 0.25) is 0 Å². The lowest BCUT2D eigenvalue weighted by Gasteiger charge is -2.38. The van der Waals surface area contributed by atoms with Crippen molar-refractivity contribution in [2.45, 2.75) is 19.4 Å². The van der Waals surface area contributed by atoms with Gasteiger partial charge in [0.2, 0.25) is 0 Å². The molecule has 0 saturated carbocycles. The molecule has 106 valence electrons. The van der Waals surface area contributed by atoms with Crippen molar-refractivity contribution in [3.63, 3.8) is 0 Å². The maximum atomic E-state index is 12.7. The molecule has 1 saturated heterocycles. The van der Waals surface area contributed by atoms with Gasteiger partial charge in [0.25, 0.3) is 5.91 Å². The van der Waals surface area contributed by atoms with Crippen LogP contribution in [0.1, 0.15) is 23.5 Å². The summed E-state index contributed by atoms with van der Waals surface area (Å²) in [6.45, 7) is 5.79. The van der Waals surface area contributed by atoms with Crippen molar-refractivity contribution in [1.29, 1.82) is 0 Å². The highest BCUT2D eigenvalue weighted by Crippen LogP contribution is 2.34. The van der Waals surface area contributed by atoms with Crippen molar-refractivity contribution >= 4 is 33.0 Å². The van der Waals surface area contributed by atoms with Crippen LogP contribution in [-0.2, 0) is 4.74 Å². The van der Waals surface area contributed by atoms with Gasteiger partial charge in [0.15, 0.2) is 0 Å². The molecule has 2 heterocycles. The van der Waals surface area contributed by atoms with E-state index in [1.54, 1.807) is 0 Å². The summed E-state index contributed by atoms with van der Waals surface area (Å²) in [6.07, 6.45) is 0. The largest absolute Gasteiger partial charge is 0.397 e. The molecule has 0 atom stereocenters. The summed E-state index contributed by atoms with van der Waals surface area (Å²) in [4.78, 5) is 15.2. The Labute approximate surface area is 122 Å². The Morgan fingerprint density at radius 2 is 2.15 bits per heavy atom.